The van der Waals surface area contributed by atoms with Crippen molar-refractivity contribution in [2.45, 2.75) is 19.9 Å². The van der Waals surface area contributed by atoms with Crippen LogP contribution in [0.1, 0.15) is 34.6 Å². The fourth-order valence-electron chi connectivity index (χ4n) is 2.15. The molecule has 0 saturated carbocycles. The van der Waals surface area contributed by atoms with Gasteiger partial charge >= 0.3 is 0 Å². The normalized spacial score (nSPS) is 12.0. The summed E-state index contributed by atoms with van der Waals surface area (Å²) in [6, 6.07) is 9.02. The van der Waals surface area contributed by atoms with E-state index >= 15 is 0 Å². The van der Waals surface area contributed by atoms with Crippen LogP contribution in [0, 0.1) is 6.92 Å². The number of halogens is 1. The van der Waals surface area contributed by atoms with Gasteiger partial charge in [-0.2, -0.15) is 0 Å². The van der Waals surface area contributed by atoms with E-state index in [9.17, 15) is 4.79 Å². The molecule has 1 amide bonds. The molecular formula is C16H18ClN3O. The van der Waals surface area contributed by atoms with Gasteiger partial charge in [0.2, 0.25) is 0 Å². The van der Waals surface area contributed by atoms with Gasteiger partial charge in [-0.3, -0.25) is 9.78 Å². The molecule has 0 aliphatic carbocycles. The van der Waals surface area contributed by atoms with Crippen molar-refractivity contribution in [3.63, 3.8) is 0 Å². The van der Waals surface area contributed by atoms with Crippen molar-refractivity contribution in [1.29, 1.82) is 0 Å². The number of hydrogen-bond donors (Lipinski definition) is 1. The van der Waals surface area contributed by atoms with Crippen molar-refractivity contribution in [3.8, 4) is 0 Å². The molecule has 2 rings (SSSR count). The summed E-state index contributed by atoms with van der Waals surface area (Å²) in [5, 5.41) is 0.639. The summed E-state index contributed by atoms with van der Waals surface area (Å²) < 4.78 is 0. The fourth-order valence-corrected chi connectivity index (χ4v) is 2.44. The molecule has 0 fully saturated rings. The summed E-state index contributed by atoms with van der Waals surface area (Å²) >= 11 is 6.19. The minimum atomic E-state index is -0.174. The zero-order valence-electron chi connectivity index (χ0n) is 12.3. The number of hydrogen-bond acceptors (Lipinski definition) is 3. The molecule has 1 atom stereocenters. The molecule has 0 spiro atoms. The lowest BCUT2D eigenvalue weighted by atomic mass is 10.1. The summed E-state index contributed by atoms with van der Waals surface area (Å²) in [7, 11) is 1.73. The number of nitrogens with two attached hydrogens (primary N) is 1. The Bertz CT molecular complexity index is 672. The molecule has 2 N–H and O–H groups in total. The second-order valence-corrected chi connectivity index (χ2v) is 5.43. The van der Waals surface area contributed by atoms with Gasteiger partial charge < -0.3 is 10.6 Å². The van der Waals surface area contributed by atoms with E-state index in [0.29, 0.717) is 16.3 Å². The summed E-state index contributed by atoms with van der Waals surface area (Å²) in [6.45, 7) is 3.76. The molecule has 1 aromatic heterocycles. The van der Waals surface area contributed by atoms with Gasteiger partial charge in [-0.1, -0.05) is 29.8 Å². The summed E-state index contributed by atoms with van der Waals surface area (Å²) in [5.74, 6) is -0.174. The molecule has 0 saturated heterocycles. The van der Waals surface area contributed by atoms with Gasteiger partial charge in [0.05, 0.1) is 11.6 Å². The van der Waals surface area contributed by atoms with Crippen LogP contribution in [0.4, 0.5) is 5.69 Å². The lowest BCUT2D eigenvalue weighted by Gasteiger charge is -2.26. The minimum Gasteiger partial charge on any atom is -0.398 e. The summed E-state index contributed by atoms with van der Waals surface area (Å²) in [4.78, 5) is 18.3. The van der Waals surface area contributed by atoms with Crippen LogP contribution in [0.15, 0.2) is 36.5 Å². The minimum absolute atomic E-state index is 0.160. The predicted octanol–water partition coefficient (Wildman–Crippen LogP) is 3.46. The van der Waals surface area contributed by atoms with E-state index < -0.39 is 0 Å². The Labute approximate surface area is 129 Å². The standard InChI is InChI=1S/C16H18ClN3O/c1-10-8-15(18)13(9-19-10)16(21)20(3)11(2)12-6-4-5-7-14(12)17/h4-9,11H,1-3H3,(H2,18,19). The maximum Gasteiger partial charge on any atom is 0.257 e. The molecular weight excluding hydrogens is 286 g/mol. The van der Waals surface area contributed by atoms with Crippen molar-refractivity contribution in [2.75, 3.05) is 12.8 Å². The molecule has 110 valence electrons. The monoisotopic (exact) mass is 303 g/mol. The highest BCUT2D eigenvalue weighted by atomic mass is 35.5. The first kappa shape index (κ1) is 15.3. The number of benzene rings is 1. The highest BCUT2D eigenvalue weighted by Gasteiger charge is 2.22. The van der Waals surface area contributed by atoms with Crippen molar-refractivity contribution in [2.24, 2.45) is 0 Å². The summed E-state index contributed by atoms with van der Waals surface area (Å²) in [5.41, 5.74) is 8.44. The Balaban J connectivity index is 2.29. The largest absolute Gasteiger partial charge is 0.398 e. The Hall–Kier alpha value is -2.07. The van der Waals surface area contributed by atoms with Gasteiger partial charge in [0.1, 0.15) is 0 Å². The molecule has 0 radical (unpaired) electrons. The lowest BCUT2D eigenvalue weighted by Crippen LogP contribution is -2.30. The lowest BCUT2D eigenvalue weighted by molar-refractivity contribution is 0.0743. The van der Waals surface area contributed by atoms with Crippen LogP contribution in [0.5, 0.6) is 0 Å². The average Bonchev–Trinajstić information content (AvgIpc) is 2.45. The molecule has 1 unspecified atom stereocenters. The number of aryl methyl sites for hydroxylation is 1. The van der Waals surface area contributed by atoms with E-state index in [4.69, 9.17) is 17.3 Å². The highest BCUT2D eigenvalue weighted by Crippen LogP contribution is 2.27. The fraction of sp³-hybridized carbons (Fsp3) is 0.250. The van der Waals surface area contributed by atoms with Crippen molar-refractivity contribution < 1.29 is 4.79 Å². The van der Waals surface area contributed by atoms with Crippen LogP contribution >= 0.6 is 11.6 Å². The third-order valence-electron chi connectivity index (χ3n) is 3.56. The molecule has 5 heteroatoms. The Kier molecular flexibility index (Phi) is 4.48. The van der Waals surface area contributed by atoms with Crippen LogP contribution in [0.3, 0.4) is 0 Å². The first-order valence-electron chi connectivity index (χ1n) is 6.65. The van der Waals surface area contributed by atoms with Crippen LogP contribution in [-0.2, 0) is 0 Å². The van der Waals surface area contributed by atoms with E-state index in [2.05, 4.69) is 4.98 Å². The quantitative estimate of drug-likeness (QED) is 0.944. The van der Waals surface area contributed by atoms with Gasteiger partial charge in [0, 0.05) is 29.6 Å². The zero-order valence-corrected chi connectivity index (χ0v) is 13.1. The molecule has 2 aromatic rings. The molecule has 4 nitrogen and oxygen atoms in total. The van der Waals surface area contributed by atoms with E-state index in [0.717, 1.165) is 11.3 Å². The smallest absolute Gasteiger partial charge is 0.257 e. The van der Waals surface area contributed by atoms with Crippen LogP contribution < -0.4 is 5.73 Å². The van der Waals surface area contributed by atoms with Gasteiger partial charge in [-0.25, -0.2) is 0 Å². The van der Waals surface area contributed by atoms with Crippen LogP contribution in [-0.4, -0.2) is 22.8 Å². The predicted molar refractivity (Wildman–Crippen MR) is 85.3 cm³/mol. The van der Waals surface area contributed by atoms with Crippen LogP contribution in [0.2, 0.25) is 5.02 Å². The highest BCUT2D eigenvalue weighted by molar-refractivity contribution is 6.31. The van der Waals surface area contributed by atoms with Gasteiger partial charge in [0.15, 0.2) is 0 Å². The second kappa shape index (κ2) is 6.14. The number of carbonyl (C=O) groups excluding carboxylic acids is 1. The SMILES string of the molecule is Cc1cc(N)c(C(=O)N(C)C(C)c2ccccc2Cl)cn1. The third kappa shape index (κ3) is 3.16. The first-order valence-corrected chi connectivity index (χ1v) is 7.03. The van der Waals surface area contributed by atoms with Gasteiger partial charge in [-0.05, 0) is 31.5 Å². The maximum atomic E-state index is 12.6. The van der Waals surface area contributed by atoms with Crippen LogP contribution in [0.25, 0.3) is 0 Å². The maximum absolute atomic E-state index is 12.6. The van der Waals surface area contributed by atoms with E-state index in [-0.39, 0.29) is 11.9 Å². The first-order chi connectivity index (χ1) is 9.91. The molecule has 21 heavy (non-hydrogen) atoms. The Morgan fingerprint density at radius 1 is 1.38 bits per heavy atom. The number of amides is 1. The number of anilines is 1. The van der Waals surface area contributed by atoms with Crippen molar-refractivity contribution in [3.05, 3.63) is 58.4 Å². The summed E-state index contributed by atoms with van der Waals surface area (Å²) in [6.07, 6.45) is 1.52. The van der Waals surface area contributed by atoms with E-state index in [1.165, 1.54) is 6.20 Å². The van der Waals surface area contributed by atoms with Gasteiger partial charge in [-0.15, -0.1) is 0 Å². The van der Waals surface area contributed by atoms with Gasteiger partial charge in [0.25, 0.3) is 5.91 Å². The van der Waals surface area contributed by atoms with E-state index in [1.807, 2.05) is 38.1 Å². The van der Waals surface area contributed by atoms with E-state index in [1.54, 1.807) is 18.0 Å². The Morgan fingerprint density at radius 3 is 2.67 bits per heavy atom. The number of aromatic nitrogens is 1. The molecule has 0 bridgehead atoms. The number of nitrogen functional groups attached to an aromatic ring is 1. The topological polar surface area (TPSA) is 59.2 Å². The number of rotatable bonds is 3. The average molecular weight is 304 g/mol. The number of nitrogens with zero attached hydrogens (tertiary/aromatic N) is 2. The number of carbonyl (C=O) groups is 1. The van der Waals surface area contributed by atoms with Crippen molar-refractivity contribution in [1.82, 2.24) is 9.88 Å². The zero-order chi connectivity index (χ0) is 15.6. The molecule has 0 aliphatic heterocycles. The second-order valence-electron chi connectivity index (χ2n) is 5.03. The number of pyridine rings is 1. The molecule has 1 heterocycles. The molecule has 1 aromatic carbocycles. The van der Waals surface area contributed by atoms with Crippen molar-refractivity contribution >= 4 is 23.2 Å². The third-order valence-corrected chi connectivity index (χ3v) is 3.90. The molecule has 0 aliphatic rings. The Morgan fingerprint density at radius 2 is 2.05 bits per heavy atom.